The largest absolute Gasteiger partial charge is 0.463 e. The number of esters is 1. The number of unbranched alkanes of at least 4 members (excludes halogenated alkanes) is 6. The van der Waals surface area contributed by atoms with E-state index in [9.17, 15) is 15.0 Å². The zero-order chi connectivity index (χ0) is 16.8. The molecule has 0 bridgehead atoms. The fourth-order valence-electron chi connectivity index (χ4n) is 1.98. The van der Waals surface area contributed by atoms with Crippen molar-refractivity contribution in [1.29, 1.82) is 0 Å². The van der Waals surface area contributed by atoms with E-state index in [-0.39, 0.29) is 6.42 Å². The van der Waals surface area contributed by atoms with Gasteiger partial charge in [0, 0.05) is 6.42 Å². The number of allylic oxidation sites excluding steroid dienone is 1. The highest BCUT2D eigenvalue weighted by molar-refractivity contribution is 5.69. The van der Waals surface area contributed by atoms with Crippen molar-refractivity contribution < 1.29 is 30.0 Å². The summed E-state index contributed by atoms with van der Waals surface area (Å²) in [6, 6.07) is 0. The molecule has 4 N–H and O–H groups in total. The number of aliphatic hydroxyl groups excluding tert-OH is 4. The van der Waals surface area contributed by atoms with Crippen LogP contribution in [0.5, 0.6) is 0 Å². The first kappa shape index (κ1) is 21.0. The number of carbonyl (C=O) groups excluding carboxylic acids is 1. The van der Waals surface area contributed by atoms with E-state index in [1.54, 1.807) is 0 Å². The van der Waals surface area contributed by atoms with Crippen molar-refractivity contribution in [3.8, 4) is 0 Å². The molecule has 0 saturated heterocycles. The molecule has 0 rings (SSSR count). The Labute approximate surface area is 132 Å². The van der Waals surface area contributed by atoms with Crippen molar-refractivity contribution in [2.45, 2.75) is 69.7 Å². The van der Waals surface area contributed by atoms with Gasteiger partial charge in [-0.3, -0.25) is 4.79 Å². The van der Waals surface area contributed by atoms with Gasteiger partial charge in [0.05, 0.1) is 6.61 Å². The number of aliphatic hydroxyl groups is 4. The highest BCUT2D eigenvalue weighted by Crippen LogP contribution is 2.09. The zero-order valence-electron chi connectivity index (χ0n) is 13.2. The van der Waals surface area contributed by atoms with E-state index in [1.807, 2.05) is 6.08 Å². The molecule has 0 spiro atoms. The number of hydrogen-bond acceptors (Lipinski definition) is 6. The van der Waals surface area contributed by atoms with E-state index in [0.29, 0.717) is 0 Å². The second kappa shape index (κ2) is 13.7. The molecular weight excluding hydrogens is 288 g/mol. The second-order valence-electron chi connectivity index (χ2n) is 5.44. The molecular formula is C16H30O6. The topological polar surface area (TPSA) is 107 Å². The van der Waals surface area contributed by atoms with Crippen LogP contribution >= 0.6 is 0 Å². The Morgan fingerprint density at radius 3 is 2.18 bits per heavy atom. The minimum Gasteiger partial charge on any atom is -0.463 e. The van der Waals surface area contributed by atoms with Crippen LogP contribution in [0.4, 0.5) is 0 Å². The first-order valence-corrected chi connectivity index (χ1v) is 7.94. The van der Waals surface area contributed by atoms with Gasteiger partial charge >= 0.3 is 5.97 Å². The minimum atomic E-state index is -1.53. The maximum Gasteiger partial charge on any atom is 0.305 e. The summed E-state index contributed by atoms with van der Waals surface area (Å²) in [4.78, 5) is 11.4. The molecule has 3 atom stereocenters. The molecule has 6 heteroatoms. The Kier molecular flexibility index (Phi) is 13.1. The van der Waals surface area contributed by atoms with Crippen LogP contribution in [-0.4, -0.2) is 57.9 Å². The van der Waals surface area contributed by atoms with Crippen LogP contribution in [0, 0.1) is 0 Å². The average molecular weight is 318 g/mol. The van der Waals surface area contributed by atoms with E-state index >= 15 is 0 Å². The van der Waals surface area contributed by atoms with Gasteiger partial charge in [-0.25, -0.2) is 0 Å². The average Bonchev–Trinajstić information content (AvgIpc) is 2.53. The highest BCUT2D eigenvalue weighted by atomic mass is 16.5. The van der Waals surface area contributed by atoms with E-state index in [4.69, 9.17) is 14.9 Å². The molecule has 0 aliphatic rings. The van der Waals surface area contributed by atoms with E-state index in [1.165, 1.54) is 6.42 Å². The van der Waals surface area contributed by atoms with Crippen LogP contribution in [0.2, 0.25) is 0 Å². The van der Waals surface area contributed by atoms with Crippen LogP contribution in [0.25, 0.3) is 0 Å². The molecule has 3 unspecified atom stereocenters. The summed E-state index contributed by atoms with van der Waals surface area (Å²) in [7, 11) is 0. The Balaban J connectivity index is 3.55. The smallest absolute Gasteiger partial charge is 0.305 e. The summed E-state index contributed by atoms with van der Waals surface area (Å²) >= 11 is 0. The minimum absolute atomic E-state index is 0.276. The quantitative estimate of drug-likeness (QED) is 0.215. The van der Waals surface area contributed by atoms with Gasteiger partial charge in [-0.15, -0.1) is 6.58 Å². The van der Waals surface area contributed by atoms with E-state index in [0.717, 1.165) is 38.5 Å². The standard InChI is InChI=1S/C16H30O6/c1-2-3-4-5-6-7-8-9-10-15(20)22-12-14(19)16(21)13(18)11-17/h2,13-14,16-19,21H,1,3-12H2. The molecule has 0 aliphatic heterocycles. The summed E-state index contributed by atoms with van der Waals surface area (Å²) in [6.45, 7) is 2.61. The molecule has 0 aliphatic carbocycles. The van der Waals surface area contributed by atoms with Crippen molar-refractivity contribution in [1.82, 2.24) is 0 Å². The third kappa shape index (κ3) is 10.7. The summed E-state index contributed by atoms with van der Waals surface area (Å²) in [6.07, 6.45) is 5.10. The van der Waals surface area contributed by atoms with Gasteiger partial charge in [-0.1, -0.05) is 31.8 Å². The zero-order valence-corrected chi connectivity index (χ0v) is 13.2. The van der Waals surface area contributed by atoms with Crippen LogP contribution in [-0.2, 0) is 9.53 Å². The SMILES string of the molecule is C=CCCCCCCCCC(=O)OCC(O)C(O)C(O)CO. The molecule has 0 heterocycles. The van der Waals surface area contributed by atoms with Crippen LogP contribution in [0.1, 0.15) is 51.4 Å². The highest BCUT2D eigenvalue weighted by Gasteiger charge is 2.25. The third-order valence-electron chi connectivity index (χ3n) is 3.43. The number of carbonyl (C=O) groups is 1. The molecule has 22 heavy (non-hydrogen) atoms. The monoisotopic (exact) mass is 318 g/mol. The Morgan fingerprint density at radius 2 is 1.59 bits per heavy atom. The van der Waals surface area contributed by atoms with Crippen molar-refractivity contribution in [3.05, 3.63) is 12.7 Å². The maximum absolute atomic E-state index is 11.4. The molecule has 0 radical (unpaired) electrons. The molecule has 0 aromatic carbocycles. The lowest BCUT2D eigenvalue weighted by Crippen LogP contribution is -2.42. The van der Waals surface area contributed by atoms with Crippen LogP contribution in [0.15, 0.2) is 12.7 Å². The van der Waals surface area contributed by atoms with Gasteiger partial charge < -0.3 is 25.2 Å². The number of ether oxygens (including phenoxy) is 1. The molecule has 0 fully saturated rings. The summed E-state index contributed by atoms with van der Waals surface area (Å²) < 4.78 is 4.83. The van der Waals surface area contributed by atoms with E-state index in [2.05, 4.69) is 6.58 Å². The lowest BCUT2D eigenvalue weighted by atomic mass is 10.1. The first-order chi connectivity index (χ1) is 10.5. The van der Waals surface area contributed by atoms with Gasteiger partial charge in [0.15, 0.2) is 0 Å². The fraction of sp³-hybridized carbons (Fsp3) is 0.812. The van der Waals surface area contributed by atoms with Crippen molar-refractivity contribution >= 4 is 5.97 Å². The van der Waals surface area contributed by atoms with Crippen LogP contribution in [0.3, 0.4) is 0 Å². The summed E-state index contributed by atoms with van der Waals surface area (Å²) in [5, 5.41) is 36.6. The van der Waals surface area contributed by atoms with Crippen molar-refractivity contribution in [3.63, 3.8) is 0 Å². The van der Waals surface area contributed by atoms with Crippen molar-refractivity contribution in [2.24, 2.45) is 0 Å². The second-order valence-corrected chi connectivity index (χ2v) is 5.44. The Bertz CT molecular complexity index is 294. The lowest BCUT2D eigenvalue weighted by molar-refractivity contribution is -0.152. The van der Waals surface area contributed by atoms with E-state index < -0.39 is 37.5 Å². The van der Waals surface area contributed by atoms with Crippen LogP contribution < -0.4 is 0 Å². The maximum atomic E-state index is 11.4. The van der Waals surface area contributed by atoms with Gasteiger partial charge in [0.1, 0.15) is 24.9 Å². The molecule has 0 saturated carbocycles. The third-order valence-corrected chi connectivity index (χ3v) is 3.43. The Hall–Kier alpha value is -0.950. The molecule has 0 aromatic rings. The molecule has 0 amide bonds. The number of rotatable bonds is 14. The predicted octanol–water partition coefficient (Wildman–Crippen LogP) is 0.911. The molecule has 0 aromatic heterocycles. The van der Waals surface area contributed by atoms with Gasteiger partial charge in [0.25, 0.3) is 0 Å². The predicted molar refractivity (Wildman–Crippen MR) is 83.2 cm³/mol. The number of hydrogen-bond donors (Lipinski definition) is 4. The Morgan fingerprint density at radius 1 is 1.00 bits per heavy atom. The summed E-state index contributed by atoms with van der Waals surface area (Å²) in [5.41, 5.74) is 0. The fourth-order valence-corrected chi connectivity index (χ4v) is 1.98. The summed E-state index contributed by atoms with van der Waals surface area (Å²) in [5.74, 6) is -0.434. The first-order valence-electron chi connectivity index (χ1n) is 7.94. The molecule has 130 valence electrons. The van der Waals surface area contributed by atoms with Gasteiger partial charge in [-0.05, 0) is 19.3 Å². The normalized spacial score (nSPS) is 15.1. The molecule has 6 nitrogen and oxygen atoms in total. The van der Waals surface area contributed by atoms with Gasteiger partial charge in [0.2, 0.25) is 0 Å². The lowest BCUT2D eigenvalue weighted by Gasteiger charge is -2.21. The van der Waals surface area contributed by atoms with Gasteiger partial charge in [-0.2, -0.15) is 0 Å². The van der Waals surface area contributed by atoms with Crippen molar-refractivity contribution in [2.75, 3.05) is 13.2 Å².